The average Bonchev–Trinajstić information content (AvgIpc) is 0.787. The van der Waals surface area contributed by atoms with Crippen molar-refractivity contribution >= 4 is 5.91 Å². The SMILES string of the molecule is CC/C=C\C/C=C\C/C=C\C/C=C\C/C=C\C/C=C\C/C=C\CCCC(=O)NC(COC1OC(CO)C(OC2OC(CO)C(OC3OC(CO)C(O)C(O)C3O)C(O)C2O)C(O)C1O)C(O)/C=C/CC/C=C/CC/C=C/CCCCCCCCCCCCCCCCCC. The van der Waals surface area contributed by atoms with Crippen LogP contribution in [0.5, 0.6) is 0 Å². The summed E-state index contributed by atoms with van der Waals surface area (Å²) in [6.07, 6.45) is 49.0. The van der Waals surface area contributed by atoms with Crippen LogP contribution in [-0.2, 0) is 33.2 Å². The number of carbonyl (C=O) groups is 1. The van der Waals surface area contributed by atoms with Gasteiger partial charge in [-0.1, -0.05) is 232 Å². The van der Waals surface area contributed by atoms with E-state index >= 15 is 0 Å². The number of aliphatic hydroxyl groups is 11. The first-order valence-corrected chi connectivity index (χ1v) is 35.8. The lowest BCUT2D eigenvalue weighted by atomic mass is 9.96. The molecule has 0 radical (unpaired) electrons. The molecular formula is C75H125NO18. The minimum Gasteiger partial charge on any atom is -0.394 e. The van der Waals surface area contributed by atoms with Crippen LogP contribution >= 0.6 is 0 Å². The summed E-state index contributed by atoms with van der Waals surface area (Å²) in [7, 11) is 0. The van der Waals surface area contributed by atoms with Crippen LogP contribution in [-0.4, -0.2) is 193 Å². The zero-order valence-electron chi connectivity index (χ0n) is 56.9. The summed E-state index contributed by atoms with van der Waals surface area (Å²) in [4.78, 5) is 13.4. The molecule has 3 rings (SSSR count). The van der Waals surface area contributed by atoms with Gasteiger partial charge in [-0.3, -0.25) is 4.79 Å². The molecule has 17 atom stereocenters. The number of hydrogen-bond acceptors (Lipinski definition) is 18. The first kappa shape index (κ1) is 84.4. The molecule has 3 saturated heterocycles. The maximum absolute atomic E-state index is 13.4. The summed E-state index contributed by atoms with van der Waals surface area (Å²) in [5, 5.41) is 121. The lowest BCUT2D eigenvalue weighted by molar-refractivity contribution is -0.379. The van der Waals surface area contributed by atoms with Crippen LogP contribution in [0.4, 0.5) is 0 Å². The van der Waals surface area contributed by atoms with Crippen molar-refractivity contribution in [3.63, 3.8) is 0 Å². The molecule has 94 heavy (non-hydrogen) atoms. The Kier molecular flexibility index (Phi) is 49.5. The highest BCUT2D eigenvalue weighted by Gasteiger charge is 2.53. The molecule has 3 aliphatic rings. The number of hydrogen-bond donors (Lipinski definition) is 12. The third-order valence-corrected chi connectivity index (χ3v) is 17.0. The second-order valence-electron chi connectivity index (χ2n) is 24.9. The normalized spacial score (nSPS) is 28.1. The maximum atomic E-state index is 13.4. The van der Waals surface area contributed by atoms with Gasteiger partial charge >= 0.3 is 0 Å². The molecule has 0 bridgehead atoms. The van der Waals surface area contributed by atoms with E-state index in [9.17, 15) is 61.0 Å². The summed E-state index contributed by atoms with van der Waals surface area (Å²) >= 11 is 0. The van der Waals surface area contributed by atoms with Gasteiger partial charge in [0, 0.05) is 6.42 Å². The van der Waals surface area contributed by atoms with E-state index in [1.165, 1.54) is 103 Å². The first-order valence-electron chi connectivity index (χ1n) is 35.8. The topological polar surface area (TPSA) is 307 Å². The van der Waals surface area contributed by atoms with Gasteiger partial charge in [0.1, 0.15) is 73.2 Å². The van der Waals surface area contributed by atoms with Crippen LogP contribution in [0.2, 0.25) is 0 Å². The van der Waals surface area contributed by atoms with E-state index in [1.807, 2.05) is 12.2 Å². The van der Waals surface area contributed by atoms with Gasteiger partial charge in [-0.25, -0.2) is 0 Å². The van der Waals surface area contributed by atoms with Gasteiger partial charge in [0.05, 0.1) is 38.6 Å². The summed E-state index contributed by atoms with van der Waals surface area (Å²) in [5.74, 6) is -0.351. The fourth-order valence-corrected chi connectivity index (χ4v) is 11.2. The van der Waals surface area contributed by atoms with E-state index < -0.39 is 131 Å². The summed E-state index contributed by atoms with van der Waals surface area (Å²) in [6, 6.07) is -1.04. The fraction of sp³-hybridized carbons (Fsp3) is 0.720. The van der Waals surface area contributed by atoms with Crippen LogP contribution in [0, 0.1) is 0 Å². The molecule has 0 saturated carbocycles. The monoisotopic (exact) mass is 1330 g/mol. The molecule has 0 aromatic carbocycles. The van der Waals surface area contributed by atoms with Crippen LogP contribution < -0.4 is 5.32 Å². The first-order chi connectivity index (χ1) is 45.8. The Hall–Kier alpha value is -3.81. The van der Waals surface area contributed by atoms with E-state index in [-0.39, 0.29) is 12.3 Å². The molecule has 0 spiro atoms. The highest BCUT2D eigenvalue weighted by Crippen LogP contribution is 2.33. The third kappa shape index (κ3) is 36.1. The number of unbranched alkanes of at least 4 members (excludes halogenated alkanes) is 19. The van der Waals surface area contributed by atoms with E-state index in [0.29, 0.717) is 19.3 Å². The molecule has 19 nitrogen and oxygen atoms in total. The lowest BCUT2D eigenvalue weighted by Crippen LogP contribution is -2.66. The van der Waals surface area contributed by atoms with Crippen molar-refractivity contribution in [2.75, 3.05) is 26.4 Å². The zero-order chi connectivity index (χ0) is 68.2. The second kappa shape index (κ2) is 55.1. The van der Waals surface area contributed by atoms with Crippen molar-refractivity contribution in [1.82, 2.24) is 5.32 Å². The van der Waals surface area contributed by atoms with Gasteiger partial charge in [-0.2, -0.15) is 0 Å². The fourth-order valence-electron chi connectivity index (χ4n) is 11.2. The molecule has 3 heterocycles. The molecule has 1 amide bonds. The second-order valence-corrected chi connectivity index (χ2v) is 24.9. The minimum atomic E-state index is -2.00. The predicted octanol–water partition coefficient (Wildman–Crippen LogP) is 9.99. The van der Waals surface area contributed by atoms with Gasteiger partial charge in [0.15, 0.2) is 18.9 Å². The molecule has 17 unspecified atom stereocenters. The van der Waals surface area contributed by atoms with Crippen LogP contribution in [0.25, 0.3) is 0 Å². The van der Waals surface area contributed by atoms with Gasteiger partial charge in [-0.05, 0) is 96.3 Å². The Morgan fingerprint density at radius 1 is 0.394 bits per heavy atom. The number of allylic oxidation sites excluding steroid dienone is 19. The van der Waals surface area contributed by atoms with Crippen LogP contribution in [0.15, 0.2) is 122 Å². The lowest BCUT2D eigenvalue weighted by Gasteiger charge is -2.48. The summed E-state index contributed by atoms with van der Waals surface area (Å²) in [6.45, 7) is 1.54. The van der Waals surface area contributed by atoms with Crippen molar-refractivity contribution < 1.29 is 89.4 Å². The van der Waals surface area contributed by atoms with E-state index in [4.69, 9.17) is 28.4 Å². The highest BCUT2D eigenvalue weighted by molar-refractivity contribution is 5.76. The number of aliphatic hydroxyl groups excluding tert-OH is 11. The number of ether oxygens (including phenoxy) is 6. The highest BCUT2D eigenvalue weighted by atomic mass is 16.8. The molecule has 19 heteroatoms. The Morgan fingerprint density at radius 3 is 1.19 bits per heavy atom. The van der Waals surface area contributed by atoms with E-state index in [2.05, 4.69) is 122 Å². The minimum absolute atomic E-state index is 0.144. The largest absolute Gasteiger partial charge is 0.394 e. The molecule has 0 aromatic heterocycles. The van der Waals surface area contributed by atoms with Gasteiger partial charge in [0.2, 0.25) is 5.91 Å². The van der Waals surface area contributed by atoms with Crippen molar-refractivity contribution in [3.8, 4) is 0 Å². The van der Waals surface area contributed by atoms with Crippen LogP contribution in [0.3, 0.4) is 0 Å². The Morgan fingerprint density at radius 2 is 0.745 bits per heavy atom. The van der Waals surface area contributed by atoms with Gasteiger partial charge in [-0.15, -0.1) is 0 Å². The molecule has 12 N–H and O–H groups in total. The summed E-state index contributed by atoms with van der Waals surface area (Å²) < 4.78 is 34.3. The Bertz CT molecular complexity index is 2180. The number of carbonyl (C=O) groups excluding carboxylic acids is 1. The molecule has 0 aromatic rings. The Labute approximate surface area is 563 Å². The third-order valence-electron chi connectivity index (χ3n) is 17.0. The van der Waals surface area contributed by atoms with Crippen LogP contribution in [0.1, 0.15) is 213 Å². The van der Waals surface area contributed by atoms with Gasteiger partial charge in [0.25, 0.3) is 0 Å². The zero-order valence-corrected chi connectivity index (χ0v) is 56.9. The predicted molar refractivity (Wildman–Crippen MR) is 369 cm³/mol. The van der Waals surface area contributed by atoms with E-state index in [1.54, 1.807) is 6.08 Å². The molecular weight excluding hydrogens is 1200 g/mol. The maximum Gasteiger partial charge on any atom is 0.220 e. The number of nitrogens with one attached hydrogen (secondary N) is 1. The number of rotatable bonds is 53. The molecule has 3 aliphatic heterocycles. The molecule has 538 valence electrons. The van der Waals surface area contributed by atoms with Crippen molar-refractivity contribution in [3.05, 3.63) is 122 Å². The summed E-state index contributed by atoms with van der Waals surface area (Å²) in [5.41, 5.74) is 0. The molecule has 0 aliphatic carbocycles. The van der Waals surface area contributed by atoms with Crippen molar-refractivity contribution in [2.24, 2.45) is 0 Å². The smallest absolute Gasteiger partial charge is 0.220 e. The van der Waals surface area contributed by atoms with Crippen molar-refractivity contribution in [2.45, 2.75) is 317 Å². The average molecular weight is 1330 g/mol. The standard InChI is InChI=1S/C75H125NO18/c1-3-5-7-9-11-13-15-17-19-21-23-25-27-28-29-31-32-34-36-38-40-42-44-46-48-50-52-59(80)58(76-63(81)53-51-49-47-45-43-41-39-37-35-33-30-26-24-22-20-18-16-14-12-10-8-6-4-2)57-89-73-69(87)66(84)71(61(55-78)91-73)94-75-70(88)67(85)72(62(56-79)92-75)93-74-68(86)65(83)64(82)60(54-77)90-74/h6,8,12,14,18,20,24,26,33-36,39,41-42,44-45,47,50,52,58-62,64-75,77-80,82-88H,3-5,7,9-11,13,15-17,19,21-23,25,27-32,37-38,40,43,46,48-49,51,53-57H2,1-2H3,(H,76,81)/b8-6-,14-12-,20-18-,26-24-,35-33-,36-34+,41-39-,44-42+,47-45-,52-50+. The van der Waals surface area contributed by atoms with E-state index in [0.717, 1.165) is 70.6 Å². The quantitative estimate of drug-likeness (QED) is 0.0199. The van der Waals surface area contributed by atoms with Crippen molar-refractivity contribution in [1.29, 1.82) is 0 Å². The van der Waals surface area contributed by atoms with Gasteiger partial charge < -0.3 is 89.9 Å². The Balaban J connectivity index is 1.48. The molecule has 3 fully saturated rings. The number of amides is 1.